The predicted molar refractivity (Wildman–Crippen MR) is 139 cm³/mol. The second-order valence-electron chi connectivity index (χ2n) is 8.99. The molecule has 0 amide bonds. The van der Waals surface area contributed by atoms with Crippen LogP contribution in [0.1, 0.15) is 103 Å². The van der Waals surface area contributed by atoms with E-state index < -0.39 is 0 Å². The van der Waals surface area contributed by atoms with Gasteiger partial charge in [-0.2, -0.15) is 0 Å². The van der Waals surface area contributed by atoms with E-state index in [1.807, 2.05) is 0 Å². The SMILES string of the molecule is CCCCCCCCC[C@@H]1N=C(N)NC(CCCO)=C1C(=O)OCCCCCCCN=C(N)N. The number of hydrogen-bond acceptors (Lipinski definition) is 7. The van der Waals surface area contributed by atoms with Crippen LogP contribution in [0.5, 0.6) is 0 Å². The van der Waals surface area contributed by atoms with Gasteiger partial charge in [0.1, 0.15) is 0 Å². The second kappa shape index (κ2) is 19.1. The monoisotopic (exact) mass is 480 g/mol. The minimum absolute atomic E-state index is 0.0518. The Bertz CT molecular complexity index is 659. The van der Waals surface area contributed by atoms with Crippen molar-refractivity contribution in [2.24, 2.45) is 27.2 Å². The number of aliphatic hydroxyl groups excluding tert-OH is 1. The standard InChI is InChI=1S/C25H48N6O3/c1-2-3-4-5-6-8-11-15-20-22(21(16-14-18-32)31-25(28)30-20)23(33)34-19-13-10-7-9-12-17-29-24(26)27/h20,32H,2-19H2,1H3,(H4,26,27,29)(H3,28,30,31)/t20-/m0/s1. The lowest BCUT2D eigenvalue weighted by Crippen LogP contribution is -2.40. The Hall–Kier alpha value is -2.29. The molecule has 0 fully saturated rings. The fourth-order valence-electron chi connectivity index (χ4n) is 4.10. The number of nitrogens with two attached hydrogens (primary N) is 3. The molecule has 9 nitrogen and oxygen atoms in total. The smallest absolute Gasteiger partial charge is 0.337 e. The van der Waals surface area contributed by atoms with Gasteiger partial charge in [-0.1, -0.05) is 71.1 Å². The first kappa shape index (κ1) is 29.7. The van der Waals surface area contributed by atoms with Crippen LogP contribution in [0, 0.1) is 0 Å². The molecule has 1 rings (SSSR count). The molecule has 0 bridgehead atoms. The van der Waals surface area contributed by atoms with E-state index in [0.717, 1.165) is 57.1 Å². The van der Waals surface area contributed by atoms with Crippen molar-refractivity contribution in [3.63, 3.8) is 0 Å². The molecule has 0 radical (unpaired) electrons. The van der Waals surface area contributed by atoms with Gasteiger partial charge in [-0.15, -0.1) is 0 Å². The van der Waals surface area contributed by atoms with Crippen LogP contribution in [0.15, 0.2) is 21.3 Å². The predicted octanol–water partition coefficient (Wildman–Crippen LogP) is 3.21. The fourth-order valence-corrected chi connectivity index (χ4v) is 4.10. The van der Waals surface area contributed by atoms with E-state index in [-0.39, 0.29) is 24.6 Å². The van der Waals surface area contributed by atoms with Crippen LogP contribution in [0.2, 0.25) is 0 Å². The maximum absolute atomic E-state index is 13.0. The van der Waals surface area contributed by atoms with Crippen molar-refractivity contribution in [2.45, 2.75) is 109 Å². The van der Waals surface area contributed by atoms with Gasteiger partial charge < -0.3 is 32.4 Å². The van der Waals surface area contributed by atoms with Gasteiger partial charge >= 0.3 is 5.97 Å². The summed E-state index contributed by atoms with van der Waals surface area (Å²) in [5.74, 6) is 0.142. The summed E-state index contributed by atoms with van der Waals surface area (Å²) in [6, 6.07) is -0.284. The number of carbonyl (C=O) groups excluding carboxylic acids is 1. The third-order valence-electron chi connectivity index (χ3n) is 5.95. The molecule has 1 heterocycles. The minimum atomic E-state index is -0.322. The number of esters is 1. The summed E-state index contributed by atoms with van der Waals surface area (Å²) in [5, 5.41) is 12.3. The molecule has 0 aromatic heterocycles. The number of unbranched alkanes of at least 4 members (excludes halogenated alkanes) is 10. The number of aliphatic hydroxyl groups is 1. The number of aliphatic imine (C=N–C) groups is 2. The fraction of sp³-hybridized carbons (Fsp3) is 0.800. The van der Waals surface area contributed by atoms with Gasteiger partial charge in [0, 0.05) is 18.8 Å². The van der Waals surface area contributed by atoms with Crippen molar-refractivity contribution in [2.75, 3.05) is 19.8 Å². The van der Waals surface area contributed by atoms with Crippen LogP contribution < -0.4 is 22.5 Å². The number of nitrogens with zero attached hydrogens (tertiary/aromatic N) is 2. The van der Waals surface area contributed by atoms with Crippen molar-refractivity contribution in [3.05, 3.63) is 11.3 Å². The molecular formula is C25H48N6O3. The topological polar surface area (TPSA) is 161 Å². The summed E-state index contributed by atoms with van der Waals surface area (Å²) in [6.07, 6.45) is 15.1. The summed E-state index contributed by atoms with van der Waals surface area (Å²) >= 11 is 0. The number of ether oxygens (including phenoxy) is 1. The quantitative estimate of drug-likeness (QED) is 0.0773. The zero-order valence-electron chi connectivity index (χ0n) is 21.2. The van der Waals surface area contributed by atoms with E-state index in [0.29, 0.717) is 37.5 Å². The molecule has 0 aromatic rings. The molecule has 8 N–H and O–H groups in total. The van der Waals surface area contributed by atoms with Gasteiger partial charge in [0.05, 0.1) is 18.2 Å². The van der Waals surface area contributed by atoms with Crippen LogP contribution in [-0.2, 0) is 9.53 Å². The Labute approximate surface area is 205 Å². The largest absolute Gasteiger partial charge is 0.462 e. The molecule has 1 aliphatic heterocycles. The molecule has 0 spiro atoms. The maximum Gasteiger partial charge on any atom is 0.337 e. The van der Waals surface area contributed by atoms with E-state index in [4.69, 9.17) is 21.9 Å². The highest BCUT2D eigenvalue weighted by Gasteiger charge is 2.29. The van der Waals surface area contributed by atoms with Crippen molar-refractivity contribution < 1.29 is 14.6 Å². The lowest BCUT2D eigenvalue weighted by Gasteiger charge is -2.26. The number of nitrogens with one attached hydrogen (secondary N) is 1. The molecule has 1 atom stereocenters. The number of allylic oxidation sites excluding steroid dienone is 1. The van der Waals surface area contributed by atoms with Gasteiger partial charge in [0.2, 0.25) is 0 Å². The molecule has 0 saturated heterocycles. The number of carbonyl (C=O) groups is 1. The molecule has 196 valence electrons. The van der Waals surface area contributed by atoms with Crippen molar-refractivity contribution >= 4 is 17.9 Å². The van der Waals surface area contributed by atoms with Crippen LogP contribution >= 0.6 is 0 Å². The van der Waals surface area contributed by atoms with Crippen LogP contribution in [0.3, 0.4) is 0 Å². The average Bonchev–Trinajstić information content (AvgIpc) is 2.80. The zero-order valence-corrected chi connectivity index (χ0v) is 21.2. The first-order valence-corrected chi connectivity index (χ1v) is 13.2. The van der Waals surface area contributed by atoms with E-state index in [1.54, 1.807) is 0 Å². The number of rotatable bonds is 20. The minimum Gasteiger partial charge on any atom is -0.462 e. The first-order chi connectivity index (χ1) is 16.5. The molecular weight excluding hydrogens is 432 g/mol. The Balaban J connectivity index is 2.52. The summed E-state index contributed by atoms with van der Waals surface area (Å²) in [4.78, 5) is 21.5. The number of hydrogen-bond donors (Lipinski definition) is 5. The number of guanidine groups is 2. The maximum atomic E-state index is 13.0. The van der Waals surface area contributed by atoms with Gasteiger partial charge in [-0.05, 0) is 32.1 Å². The molecule has 9 heteroatoms. The van der Waals surface area contributed by atoms with E-state index in [2.05, 4.69) is 22.2 Å². The van der Waals surface area contributed by atoms with E-state index in [9.17, 15) is 9.90 Å². The summed E-state index contributed by atoms with van der Waals surface area (Å²) < 4.78 is 5.62. The second-order valence-corrected chi connectivity index (χ2v) is 8.99. The lowest BCUT2D eigenvalue weighted by molar-refractivity contribution is -0.139. The van der Waals surface area contributed by atoms with Crippen LogP contribution in [0.25, 0.3) is 0 Å². The Kier molecular flexibility index (Phi) is 16.7. The van der Waals surface area contributed by atoms with Crippen molar-refractivity contribution in [1.82, 2.24) is 5.32 Å². The first-order valence-electron chi connectivity index (χ1n) is 13.2. The Morgan fingerprint density at radius 2 is 1.65 bits per heavy atom. The highest BCUT2D eigenvalue weighted by atomic mass is 16.5. The van der Waals surface area contributed by atoms with Crippen molar-refractivity contribution in [3.8, 4) is 0 Å². The molecule has 34 heavy (non-hydrogen) atoms. The summed E-state index contributed by atoms with van der Waals surface area (Å²) in [5.41, 5.74) is 18.0. The highest BCUT2D eigenvalue weighted by Crippen LogP contribution is 2.25. The van der Waals surface area contributed by atoms with Gasteiger partial charge in [-0.3, -0.25) is 4.99 Å². The zero-order chi connectivity index (χ0) is 25.0. The Morgan fingerprint density at radius 1 is 1.00 bits per heavy atom. The third kappa shape index (κ3) is 13.4. The molecule has 0 unspecified atom stereocenters. The molecule has 0 aromatic carbocycles. The van der Waals surface area contributed by atoms with E-state index in [1.165, 1.54) is 32.1 Å². The van der Waals surface area contributed by atoms with Crippen molar-refractivity contribution in [1.29, 1.82) is 0 Å². The molecule has 0 aliphatic carbocycles. The molecule has 0 saturated carbocycles. The highest BCUT2D eigenvalue weighted by molar-refractivity contribution is 5.94. The van der Waals surface area contributed by atoms with E-state index >= 15 is 0 Å². The lowest BCUT2D eigenvalue weighted by atomic mass is 9.95. The summed E-state index contributed by atoms with van der Waals surface area (Å²) in [7, 11) is 0. The van der Waals surface area contributed by atoms with Crippen LogP contribution in [0.4, 0.5) is 0 Å². The van der Waals surface area contributed by atoms with Crippen LogP contribution in [-0.4, -0.2) is 48.8 Å². The van der Waals surface area contributed by atoms with Gasteiger partial charge in [0.25, 0.3) is 0 Å². The Morgan fingerprint density at radius 3 is 2.32 bits per heavy atom. The summed E-state index contributed by atoms with van der Waals surface area (Å²) in [6.45, 7) is 3.31. The average molecular weight is 481 g/mol. The normalized spacial score (nSPS) is 15.6. The van der Waals surface area contributed by atoms with Gasteiger partial charge in [-0.25, -0.2) is 9.79 Å². The molecule has 1 aliphatic rings. The van der Waals surface area contributed by atoms with Gasteiger partial charge in [0.15, 0.2) is 11.9 Å². The third-order valence-corrected chi connectivity index (χ3v) is 5.95.